The molecule has 1 amide bonds. The van der Waals surface area contributed by atoms with Crippen LogP contribution in [0.1, 0.15) is 39.2 Å². The van der Waals surface area contributed by atoms with Gasteiger partial charge in [0.05, 0.1) is 10.4 Å². The molecule has 1 heterocycles. The maximum atomic E-state index is 12.9. The summed E-state index contributed by atoms with van der Waals surface area (Å²) in [4.78, 5) is 15.4. The van der Waals surface area contributed by atoms with Gasteiger partial charge in [-0.1, -0.05) is 49.5 Å². The lowest BCUT2D eigenvalue weighted by molar-refractivity contribution is -0.138. The van der Waals surface area contributed by atoms with E-state index in [0.717, 1.165) is 31.5 Å². The average molecular weight is 304 g/mol. The summed E-state index contributed by atoms with van der Waals surface area (Å²) in [5.41, 5.74) is 6.27. The van der Waals surface area contributed by atoms with Gasteiger partial charge in [0.15, 0.2) is 0 Å². The van der Waals surface area contributed by atoms with Gasteiger partial charge in [-0.2, -0.15) is 0 Å². The van der Waals surface area contributed by atoms with Gasteiger partial charge >= 0.3 is 0 Å². The molecule has 0 atom stereocenters. The maximum absolute atomic E-state index is 12.9. The van der Waals surface area contributed by atoms with Crippen LogP contribution >= 0.6 is 12.2 Å². The van der Waals surface area contributed by atoms with Gasteiger partial charge < -0.3 is 10.6 Å². The predicted molar refractivity (Wildman–Crippen MR) is 90.2 cm³/mol. The van der Waals surface area contributed by atoms with Crippen LogP contribution in [0.15, 0.2) is 30.3 Å². The summed E-state index contributed by atoms with van der Waals surface area (Å²) < 4.78 is 0. The maximum Gasteiger partial charge on any atom is 0.232 e. The summed E-state index contributed by atoms with van der Waals surface area (Å²) in [6.45, 7) is 7.53. The molecular formula is C17H24N2OS. The van der Waals surface area contributed by atoms with Crippen LogP contribution in [0.4, 0.5) is 0 Å². The van der Waals surface area contributed by atoms with Gasteiger partial charge in [-0.3, -0.25) is 4.79 Å². The van der Waals surface area contributed by atoms with Crippen LogP contribution in [0.3, 0.4) is 0 Å². The number of hydrogen-bond donors (Lipinski definition) is 1. The van der Waals surface area contributed by atoms with Crippen molar-refractivity contribution in [2.24, 2.45) is 11.1 Å². The number of nitrogens with two attached hydrogens (primary N) is 1. The Kier molecular flexibility index (Phi) is 4.38. The molecule has 114 valence electrons. The molecule has 0 aromatic heterocycles. The summed E-state index contributed by atoms with van der Waals surface area (Å²) in [5.74, 6) is 0.179. The zero-order valence-electron chi connectivity index (χ0n) is 13.1. The highest BCUT2D eigenvalue weighted by Crippen LogP contribution is 2.34. The Morgan fingerprint density at radius 1 is 1.24 bits per heavy atom. The minimum atomic E-state index is -0.502. The molecule has 0 unspecified atom stereocenters. The van der Waals surface area contributed by atoms with E-state index in [9.17, 15) is 4.79 Å². The lowest BCUT2D eigenvalue weighted by Gasteiger charge is -2.41. The van der Waals surface area contributed by atoms with Crippen molar-refractivity contribution in [1.29, 1.82) is 0 Å². The van der Waals surface area contributed by atoms with E-state index >= 15 is 0 Å². The minimum Gasteiger partial charge on any atom is -0.393 e. The second-order valence-corrected chi connectivity index (χ2v) is 7.15. The Hall–Kier alpha value is -1.42. The molecule has 1 saturated heterocycles. The van der Waals surface area contributed by atoms with Crippen LogP contribution in [0.2, 0.25) is 0 Å². The smallest absolute Gasteiger partial charge is 0.232 e. The van der Waals surface area contributed by atoms with Gasteiger partial charge in [0.25, 0.3) is 0 Å². The van der Waals surface area contributed by atoms with Crippen molar-refractivity contribution in [1.82, 2.24) is 4.90 Å². The molecule has 0 saturated carbocycles. The summed E-state index contributed by atoms with van der Waals surface area (Å²) in [7, 11) is 0. The van der Waals surface area contributed by atoms with E-state index in [1.165, 1.54) is 0 Å². The van der Waals surface area contributed by atoms with E-state index in [1.54, 1.807) is 0 Å². The number of nitrogens with zero attached hydrogens (tertiary/aromatic N) is 1. The van der Waals surface area contributed by atoms with Gasteiger partial charge in [0.2, 0.25) is 5.91 Å². The zero-order chi connectivity index (χ0) is 15.7. The third kappa shape index (κ3) is 3.10. The molecule has 2 N–H and O–H groups in total. The lowest BCUT2D eigenvalue weighted by Crippen LogP contribution is -2.51. The normalized spacial score (nSPS) is 18.3. The Labute approximate surface area is 132 Å². The number of thiocarbonyl (C=S) groups is 1. The summed E-state index contributed by atoms with van der Waals surface area (Å²) in [6.07, 6.45) is 1.69. The molecule has 0 aliphatic carbocycles. The van der Waals surface area contributed by atoms with Crippen LogP contribution < -0.4 is 5.73 Å². The number of hydrogen-bond acceptors (Lipinski definition) is 2. The van der Waals surface area contributed by atoms with Gasteiger partial charge in [0.1, 0.15) is 0 Å². The first-order valence-electron chi connectivity index (χ1n) is 7.42. The highest BCUT2D eigenvalue weighted by Gasteiger charge is 2.39. The Morgan fingerprint density at radius 2 is 1.76 bits per heavy atom. The van der Waals surface area contributed by atoms with Crippen molar-refractivity contribution in [3.05, 3.63) is 35.9 Å². The van der Waals surface area contributed by atoms with E-state index in [2.05, 4.69) is 6.92 Å². The molecule has 21 heavy (non-hydrogen) atoms. The van der Waals surface area contributed by atoms with Crippen molar-refractivity contribution in [2.45, 2.75) is 39.0 Å². The molecule has 1 fully saturated rings. The summed E-state index contributed by atoms with van der Waals surface area (Å²) in [5, 5.41) is 0. The monoisotopic (exact) mass is 304 g/mol. The summed E-state index contributed by atoms with van der Waals surface area (Å²) in [6, 6.07) is 9.95. The van der Waals surface area contributed by atoms with Crippen molar-refractivity contribution >= 4 is 23.1 Å². The highest BCUT2D eigenvalue weighted by molar-refractivity contribution is 7.80. The number of carbonyl (C=O) groups excluding carboxylic acids is 1. The predicted octanol–water partition coefficient (Wildman–Crippen LogP) is 2.88. The first-order chi connectivity index (χ1) is 9.77. The van der Waals surface area contributed by atoms with Gasteiger partial charge in [-0.15, -0.1) is 0 Å². The minimum absolute atomic E-state index is 0.108. The number of piperidine rings is 1. The molecule has 1 aliphatic rings. The molecule has 3 nitrogen and oxygen atoms in total. The summed E-state index contributed by atoms with van der Waals surface area (Å²) >= 11 is 5.16. The number of benzene rings is 1. The van der Waals surface area contributed by atoms with Crippen molar-refractivity contribution in [3.63, 3.8) is 0 Å². The number of carbonyl (C=O) groups is 1. The van der Waals surface area contributed by atoms with Gasteiger partial charge in [0, 0.05) is 18.5 Å². The van der Waals surface area contributed by atoms with E-state index in [0.29, 0.717) is 4.99 Å². The largest absolute Gasteiger partial charge is 0.393 e. The van der Waals surface area contributed by atoms with E-state index < -0.39 is 5.41 Å². The second-order valence-electron chi connectivity index (χ2n) is 6.71. The fourth-order valence-corrected chi connectivity index (χ4v) is 3.03. The standard InChI is InChI=1S/C17H24N2OS/c1-16(2,13-7-5-4-6-8-13)15(20)19-11-9-17(3,10-12-19)14(18)21/h4-8H,9-12H2,1-3H3,(H2,18,21). The first kappa shape index (κ1) is 16.0. The Balaban J connectivity index is 2.10. The van der Waals surface area contributed by atoms with Crippen LogP contribution in [0.5, 0.6) is 0 Å². The first-order valence-corrected chi connectivity index (χ1v) is 7.83. The van der Waals surface area contributed by atoms with E-state index in [4.69, 9.17) is 18.0 Å². The van der Waals surface area contributed by atoms with Crippen LogP contribution in [-0.2, 0) is 10.2 Å². The molecule has 1 aromatic rings. The van der Waals surface area contributed by atoms with E-state index in [1.807, 2.05) is 49.1 Å². The van der Waals surface area contributed by atoms with Crippen LogP contribution in [0, 0.1) is 5.41 Å². The number of amides is 1. The van der Waals surface area contributed by atoms with Crippen LogP contribution in [-0.4, -0.2) is 28.9 Å². The molecule has 4 heteroatoms. The number of likely N-dealkylation sites (tertiary alicyclic amines) is 1. The van der Waals surface area contributed by atoms with E-state index in [-0.39, 0.29) is 11.3 Å². The van der Waals surface area contributed by atoms with Crippen molar-refractivity contribution in [2.75, 3.05) is 13.1 Å². The molecule has 0 spiro atoms. The lowest BCUT2D eigenvalue weighted by atomic mass is 9.78. The quantitative estimate of drug-likeness (QED) is 0.874. The van der Waals surface area contributed by atoms with Crippen molar-refractivity contribution in [3.8, 4) is 0 Å². The molecule has 2 rings (SSSR count). The number of rotatable bonds is 3. The van der Waals surface area contributed by atoms with Gasteiger partial charge in [-0.25, -0.2) is 0 Å². The molecular weight excluding hydrogens is 280 g/mol. The molecule has 1 aliphatic heterocycles. The zero-order valence-corrected chi connectivity index (χ0v) is 13.9. The fourth-order valence-electron chi connectivity index (χ4n) is 2.82. The van der Waals surface area contributed by atoms with Crippen molar-refractivity contribution < 1.29 is 4.79 Å². The van der Waals surface area contributed by atoms with Gasteiger partial charge in [-0.05, 0) is 32.3 Å². The highest BCUT2D eigenvalue weighted by atomic mass is 32.1. The molecule has 0 bridgehead atoms. The third-order valence-corrected chi connectivity index (χ3v) is 5.27. The Bertz CT molecular complexity index is 531. The average Bonchev–Trinajstić information content (AvgIpc) is 2.48. The molecule has 1 aromatic carbocycles. The topological polar surface area (TPSA) is 46.3 Å². The van der Waals surface area contributed by atoms with Crippen LogP contribution in [0.25, 0.3) is 0 Å². The fraction of sp³-hybridized carbons (Fsp3) is 0.529. The SMILES string of the molecule is CC1(C(N)=S)CCN(C(=O)C(C)(C)c2ccccc2)CC1. The molecule has 0 radical (unpaired) electrons. The third-order valence-electron chi connectivity index (χ3n) is 4.78. The second kappa shape index (κ2) is 5.76. The Morgan fingerprint density at radius 3 is 2.24 bits per heavy atom.